The van der Waals surface area contributed by atoms with Gasteiger partial charge in [0.2, 0.25) is 0 Å². The molecule has 88 valence electrons. The molecule has 0 saturated heterocycles. The van der Waals surface area contributed by atoms with Crippen molar-refractivity contribution in [3.05, 3.63) is 18.1 Å². The standard InChI is InChI=1S/C12H19N3S/c1-13-12-7-14-11(6-15-12)9-16-8-10-4-2-3-5-10/h6-7,10H,2-5,8-9H2,1H3,(H,13,15). The quantitative estimate of drug-likeness (QED) is 0.854. The molecule has 3 nitrogen and oxygen atoms in total. The lowest BCUT2D eigenvalue weighted by molar-refractivity contribution is 0.623. The Morgan fingerprint density at radius 2 is 2.12 bits per heavy atom. The van der Waals surface area contributed by atoms with Crippen LogP contribution in [-0.2, 0) is 5.75 Å². The van der Waals surface area contributed by atoms with Crippen molar-refractivity contribution >= 4 is 17.6 Å². The molecule has 1 N–H and O–H groups in total. The smallest absolute Gasteiger partial charge is 0.144 e. The fraction of sp³-hybridized carbons (Fsp3) is 0.667. The number of nitrogens with zero attached hydrogens (tertiary/aromatic N) is 2. The lowest BCUT2D eigenvalue weighted by Crippen LogP contribution is -1.99. The Labute approximate surface area is 101 Å². The third-order valence-corrected chi connectivity index (χ3v) is 4.25. The molecule has 0 unspecified atom stereocenters. The zero-order valence-corrected chi connectivity index (χ0v) is 10.6. The average molecular weight is 237 g/mol. The van der Waals surface area contributed by atoms with Crippen molar-refractivity contribution in [2.75, 3.05) is 18.1 Å². The van der Waals surface area contributed by atoms with Gasteiger partial charge in [0.1, 0.15) is 5.82 Å². The van der Waals surface area contributed by atoms with Crippen molar-refractivity contribution in [3.63, 3.8) is 0 Å². The van der Waals surface area contributed by atoms with Crippen LogP contribution >= 0.6 is 11.8 Å². The first kappa shape index (κ1) is 11.7. The molecule has 2 rings (SSSR count). The topological polar surface area (TPSA) is 37.8 Å². The highest BCUT2D eigenvalue weighted by Crippen LogP contribution is 2.28. The van der Waals surface area contributed by atoms with Crippen LogP contribution in [0, 0.1) is 5.92 Å². The summed E-state index contributed by atoms with van der Waals surface area (Å²) in [6, 6.07) is 0. The first-order valence-electron chi connectivity index (χ1n) is 5.95. The van der Waals surface area contributed by atoms with Crippen LogP contribution < -0.4 is 5.32 Å². The van der Waals surface area contributed by atoms with Crippen LogP contribution in [0.15, 0.2) is 12.4 Å². The molecule has 0 bridgehead atoms. The van der Waals surface area contributed by atoms with E-state index in [0.717, 1.165) is 23.2 Å². The highest BCUT2D eigenvalue weighted by atomic mass is 32.2. The van der Waals surface area contributed by atoms with Gasteiger partial charge in [0.05, 0.1) is 18.1 Å². The molecule has 1 heterocycles. The Bertz CT molecular complexity index is 307. The van der Waals surface area contributed by atoms with Gasteiger partial charge in [-0.25, -0.2) is 4.98 Å². The minimum Gasteiger partial charge on any atom is -0.372 e. The molecular formula is C12H19N3S. The molecule has 0 atom stereocenters. The van der Waals surface area contributed by atoms with Crippen molar-refractivity contribution in [1.29, 1.82) is 0 Å². The molecule has 1 aromatic heterocycles. The Morgan fingerprint density at radius 3 is 2.75 bits per heavy atom. The first-order chi connectivity index (χ1) is 7.88. The summed E-state index contributed by atoms with van der Waals surface area (Å²) in [5.41, 5.74) is 1.09. The minimum absolute atomic E-state index is 0.838. The SMILES string of the molecule is CNc1cnc(CSCC2CCCC2)cn1. The van der Waals surface area contributed by atoms with Crippen LogP contribution in [0.1, 0.15) is 31.4 Å². The zero-order valence-electron chi connectivity index (χ0n) is 9.78. The van der Waals surface area contributed by atoms with Crippen LogP contribution in [0.25, 0.3) is 0 Å². The molecule has 0 spiro atoms. The lowest BCUT2D eigenvalue weighted by atomic mass is 10.1. The summed E-state index contributed by atoms with van der Waals surface area (Å²) >= 11 is 1.99. The van der Waals surface area contributed by atoms with E-state index < -0.39 is 0 Å². The van der Waals surface area contributed by atoms with Gasteiger partial charge in [0.25, 0.3) is 0 Å². The van der Waals surface area contributed by atoms with Gasteiger partial charge in [-0.2, -0.15) is 11.8 Å². The maximum Gasteiger partial charge on any atom is 0.144 e. The van der Waals surface area contributed by atoms with Gasteiger partial charge in [0.15, 0.2) is 0 Å². The second-order valence-electron chi connectivity index (χ2n) is 4.31. The summed E-state index contributed by atoms with van der Waals surface area (Å²) in [6.07, 6.45) is 9.39. The van der Waals surface area contributed by atoms with Gasteiger partial charge in [-0.05, 0) is 24.5 Å². The van der Waals surface area contributed by atoms with Gasteiger partial charge in [0, 0.05) is 12.8 Å². The molecule has 1 aliphatic rings. The monoisotopic (exact) mass is 237 g/mol. The van der Waals surface area contributed by atoms with Crippen molar-refractivity contribution in [2.45, 2.75) is 31.4 Å². The molecule has 1 aliphatic carbocycles. The third kappa shape index (κ3) is 3.37. The Kier molecular flexibility index (Phi) is 4.45. The van der Waals surface area contributed by atoms with E-state index in [-0.39, 0.29) is 0 Å². The fourth-order valence-corrected chi connectivity index (χ4v) is 3.21. The van der Waals surface area contributed by atoms with Gasteiger partial charge in [-0.15, -0.1) is 0 Å². The number of hydrogen-bond donors (Lipinski definition) is 1. The van der Waals surface area contributed by atoms with Gasteiger partial charge < -0.3 is 5.32 Å². The molecule has 1 fully saturated rings. The van der Waals surface area contributed by atoms with E-state index in [9.17, 15) is 0 Å². The number of thioether (sulfide) groups is 1. The van der Waals surface area contributed by atoms with Crippen LogP contribution in [0.3, 0.4) is 0 Å². The highest BCUT2D eigenvalue weighted by Gasteiger charge is 2.14. The Balaban J connectivity index is 1.71. The van der Waals surface area contributed by atoms with Crippen molar-refractivity contribution in [3.8, 4) is 0 Å². The van der Waals surface area contributed by atoms with Crippen molar-refractivity contribution < 1.29 is 0 Å². The van der Waals surface area contributed by atoms with E-state index in [0.29, 0.717) is 0 Å². The number of nitrogens with one attached hydrogen (secondary N) is 1. The third-order valence-electron chi connectivity index (χ3n) is 3.04. The predicted molar refractivity (Wildman–Crippen MR) is 69.7 cm³/mol. The highest BCUT2D eigenvalue weighted by molar-refractivity contribution is 7.98. The Morgan fingerprint density at radius 1 is 1.31 bits per heavy atom. The lowest BCUT2D eigenvalue weighted by Gasteiger charge is -2.07. The number of aromatic nitrogens is 2. The summed E-state index contributed by atoms with van der Waals surface area (Å²) in [7, 11) is 1.86. The second kappa shape index (κ2) is 6.09. The van der Waals surface area contributed by atoms with E-state index in [4.69, 9.17) is 0 Å². The van der Waals surface area contributed by atoms with E-state index >= 15 is 0 Å². The summed E-state index contributed by atoms with van der Waals surface area (Å²) in [5.74, 6) is 4.07. The number of anilines is 1. The largest absolute Gasteiger partial charge is 0.372 e. The molecule has 0 amide bonds. The van der Waals surface area contributed by atoms with Gasteiger partial charge >= 0.3 is 0 Å². The van der Waals surface area contributed by atoms with Crippen molar-refractivity contribution in [1.82, 2.24) is 9.97 Å². The van der Waals surface area contributed by atoms with Crippen LogP contribution in [0.4, 0.5) is 5.82 Å². The summed E-state index contributed by atoms with van der Waals surface area (Å²) in [5, 5.41) is 2.97. The van der Waals surface area contributed by atoms with E-state index in [1.807, 2.05) is 25.0 Å². The van der Waals surface area contributed by atoms with E-state index in [1.54, 1.807) is 6.20 Å². The number of hydrogen-bond acceptors (Lipinski definition) is 4. The normalized spacial score (nSPS) is 16.6. The first-order valence-corrected chi connectivity index (χ1v) is 7.10. The maximum absolute atomic E-state index is 4.37. The average Bonchev–Trinajstić information content (AvgIpc) is 2.83. The molecule has 0 aromatic carbocycles. The maximum atomic E-state index is 4.37. The van der Waals surface area contributed by atoms with Crippen LogP contribution in [0.2, 0.25) is 0 Å². The second-order valence-corrected chi connectivity index (χ2v) is 5.34. The molecule has 0 radical (unpaired) electrons. The fourth-order valence-electron chi connectivity index (χ4n) is 2.07. The molecule has 1 aromatic rings. The van der Waals surface area contributed by atoms with Gasteiger partial charge in [-0.3, -0.25) is 4.98 Å². The minimum atomic E-state index is 0.838. The summed E-state index contributed by atoms with van der Waals surface area (Å²) in [6.45, 7) is 0. The van der Waals surface area contributed by atoms with Crippen LogP contribution in [-0.4, -0.2) is 22.8 Å². The molecule has 16 heavy (non-hydrogen) atoms. The van der Waals surface area contributed by atoms with Crippen molar-refractivity contribution in [2.24, 2.45) is 5.92 Å². The summed E-state index contributed by atoms with van der Waals surface area (Å²) in [4.78, 5) is 8.63. The van der Waals surface area contributed by atoms with Gasteiger partial charge in [-0.1, -0.05) is 12.8 Å². The zero-order chi connectivity index (χ0) is 11.2. The van der Waals surface area contributed by atoms with Crippen LogP contribution in [0.5, 0.6) is 0 Å². The molecule has 0 aliphatic heterocycles. The molecular weight excluding hydrogens is 218 g/mol. The Hall–Kier alpha value is -0.770. The predicted octanol–water partition coefficient (Wildman–Crippen LogP) is 2.94. The van der Waals surface area contributed by atoms with E-state index in [1.165, 1.54) is 31.4 Å². The summed E-state index contributed by atoms with van der Waals surface area (Å²) < 4.78 is 0. The molecule has 1 saturated carbocycles. The van der Waals surface area contributed by atoms with E-state index in [2.05, 4.69) is 15.3 Å². The molecule has 4 heteroatoms. The number of rotatable bonds is 5.